The van der Waals surface area contributed by atoms with Gasteiger partial charge >= 0.3 is 0 Å². The molecular formula is C13H20N2. The molecule has 0 saturated carbocycles. The lowest BCUT2D eigenvalue weighted by molar-refractivity contribution is 0.588. The largest absolute Gasteiger partial charge is 0.385 e. The van der Waals surface area contributed by atoms with Crippen LogP contribution in [0.15, 0.2) is 18.2 Å². The Morgan fingerprint density at radius 2 is 2.27 bits per heavy atom. The van der Waals surface area contributed by atoms with Crippen molar-refractivity contribution in [2.45, 2.75) is 39.3 Å². The molecule has 1 aliphatic heterocycles. The molecule has 2 N–H and O–H groups in total. The molecule has 0 bridgehead atoms. The highest BCUT2D eigenvalue weighted by atomic mass is 14.9. The van der Waals surface area contributed by atoms with Crippen LogP contribution in [0, 0.1) is 0 Å². The normalized spacial score (nSPS) is 14.9. The Kier molecular flexibility index (Phi) is 3.27. The standard InChI is InChI=1S/C13H20N2/c1-10(2)15-9-11-5-6-13-12(8-11)4-3-7-14-13/h5-6,8,10,14-15H,3-4,7,9H2,1-2H3. The predicted octanol–water partition coefficient (Wildman–Crippen LogP) is 2.54. The Labute approximate surface area is 92.1 Å². The van der Waals surface area contributed by atoms with Gasteiger partial charge in [-0.1, -0.05) is 26.0 Å². The van der Waals surface area contributed by atoms with Crippen molar-refractivity contribution in [2.24, 2.45) is 0 Å². The molecule has 0 amide bonds. The minimum atomic E-state index is 0.555. The van der Waals surface area contributed by atoms with E-state index >= 15 is 0 Å². The van der Waals surface area contributed by atoms with Crippen molar-refractivity contribution in [3.63, 3.8) is 0 Å². The Bertz CT molecular complexity index is 331. The molecule has 1 aromatic rings. The zero-order valence-electron chi connectivity index (χ0n) is 9.64. The highest BCUT2D eigenvalue weighted by Gasteiger charge is 2.08. The average Bonchev–Trinajstić information content (AvgIpc) is 2.26. The summed E-state index contributed by atoms with van der Waals surface area (Å²) in [7, 11) is 0. The van der Waals surface area contributed by atoms with Crippen molar-refractivity contribution in [1.82, 2.24) is 5.32 Å². The molecule has 1 aliphatic rings. The van der Waals surface area contributed by atoms with Crippen LogP contribution in [0.2, 0.25) is 0 Å². The molecule has 0 saturated heterocycles. The van der Waals surface area contributed by atoms with E-state index in [1.807, 2.05) is 0 Å². The summed E-state index contributed by atoms with van der Waals surface area (Å²) < 4.78 is 0. The molecule has 0 unspecified atom stereocenters. The first-order chi connectivity index (χ1) is 7.25. The SMILES string of the molecule is CC(C)NCc1ccc2c(c1)CCCN2. The van der Waals surface area contributed by atoms with Crippen LogP contribution in [0.3, 0.4) is 0 Å². The highest BCUT2D eigenvalue weighted by Crippen LogP contribution is 2.22. The fraction of sp³-hybridized carbons (Fsp3) is 0.538. The zero-order chi connectivity index (χ0) is 10.7. The van der Waals surface area contributed by atoms with Crippen LogP contribution in [-0.2, 0) is 13.0 Å². The Morgan fingerprint density at radius 3 is 3.07 bits per heavy atom. The van der Waals surface area contributed by atoms with E-state index in [0.29, 0.717) is 6.04 Å². The van der Waals surface area contributed by atoms with E-state index in [4.69, 9.17) is 0 Å². The van der Waals surface area contributed by atoms with Gasteiger partial charge in [-0.3, -0.25) is 0 Å². The second kappa shape index (κ2) is 4.67. The first-order valence-electron chi connectivity index (χ1n) is 5.85. The van der Waals surface area contributed by atoms with Crippen molar-refractivity contribution in [2.75, 3.05) is 11.9 Å². The second-order valence-electron chi connectivity index (χ2n) is 4.56. The average molecular weight is 204 g/mol. The number of fused-ring (bicyclic) bond motifs is 1. The van der Waals surface area contributed by atoms with E-state index in [-0.39, 0.29) is 0 Å². The molecule has 0 spiro atoms. The summed E-state index contributed by atoms with van der Waals surface area (Å²) in [5, 5.41) is 6.88. The summed E-state index contributed by atoms with van der Waals surface area (Å²) in [4.78, 5) is 0. The molecule has 0 aliphatic carbocycles. The lowest BCUT2D eigenvalue weighted by atomic mass is 10.0. The maximum absolute atomic E-state index is 3.45. The number of nitrogens with one attached hydrogen (secondary N) is 2. The smallest absolute Gasteiger partial charge is 0.0372 e. The van der Waals surface area contributed by atoms with Crippen molar-refractivity contribution in [3.05, 3.63) is 29.3 Å². The maximum Gasteiger partial charge on any atom is 0.0372 e. The third kappa shape index (κ3) is 2.72. The summed E-state index contributed by atoms with van der Waals surface area (Å²) >= 11 is 0. The summed E-state index contributed by atoms with van der Waals surface area (Å²) in [5.41, 5.74) is 4.20. The summed E-state index contributed by atoms with van der Waals surface area (Å²) in [6.45, 7) is 6.46. The zero-order valence-corrected chi connectivity index (χ0v) is 9.64. The third-order valence-corrected chi connectivity index (χ3v) is 2.82. The van der Waals surface area contributed by atoms with Crippen molar-refractivity contribution >= 4 is 5.69 Å². The minimum absolute atomic E-state index is 0.555. The van der Waals surface area contributed by atoms with E-state index < -0.39 is 0 Å². The van der Waals surface area contributed by atoms with Crippen LogP contribution < -0.4 is 10.6 Å². The highest BCUT2D eigenvalue weighted by molar-refractivity contribution is 5.54. The van der Waals surface area contributed by atoms with Crippen LogP contribution in [0.1, 0.15) is 31.4 Å². The fourth-order valence-electron chi connectivity index (χ4n) is 1.96. The number of benzene rings is 1. The quantitative estimate of drug-likeness (QED) is 0.790. The molecule has 1 heterocycles. The predicted molar refractivity (Wildman–Crippen MR) is 65.2 cm³/mol. The van der Waals surface area contributed by atoms with Crippen LogP contribution >= 0.6 is 0 Å². The number of hydrogen-bond acceptors (Lipinski definition) is 2. The Hall–Kier alpha value is -1.02. The molecule has 1 aromatic carbocycles. The molecule has 0 aromatic heterocycles. The van der Waals surface area contributed by atoms with Crippen LogP contribution in [-0.4, -0.2) is 12.6 Å². The van der Waals surface area contributed by atoms with Gasteiger partial charge in [0.2, 0.25) is 0 Å². The summed E-state index contributed by atoms with van der Waals surface area (Å²) in [6.07, 6.45) is 2.48. The number of rotatable bonds is 3. The van der Waals surface area contributed by atoms with Gasteiger partial charge in [0.05, 0.1) is 0 Å². The van der Waals surface area contributed by atoms with E-state index in [1.54, 1.807) is 0 Å². The van der Waals surface area contributed by atoms with E-state index in [1.165, 1.54) is 29.7 Å². The first kappa shape index (κ1) is 10.5. The summed E-state index contributed by atoms with van der Waals surface area (Å²) in [6, 6.07) is 7.31. The van der Waals surface area contributed by atoms with Gasteiger partial charge in [0.15, 0.2) is 0 Å². The number of anilines is 1. The lowest BCUT2D eigenvalue weighted by Crippen LogP contribution is -2.22. The van der Waals surface area contributed by atoms with Crippen LogP contribution in [0.5, 0.6) is 0 Å². The van der Waals surface area contributed by atoms with Crippen LogP contribution in [0.4, 0.5) is 5.69 Å². The van der Waals surface area contributed by atoms with Crippen LogP contribution in [0.25, 0.3) is 0 Å². The maximum atomic E-state index is 3.45. The van der Waals surface area contributed by atoms with Gasteiger partial charge in [-0.15, -0.1) is 0 Å². The molecule has 2 heteroatoms. The molecular weight excluding hydrogens is 184 g/mol. The van der Waals surface area contributed by atoms with Crippen molar-refractivity contribution < 1.29 is 0 Å². The number of aryl methyl sites for hydroxylation is 1. The van der Waals surface area contributed by atoms with Gasteiger partial charge in [0.25, 0.3) is 0 Å². The van der Waals surface area contributed by atoms with E-state index in [0.717, 1.165) is 13.1 Å². The molecule has 0 fully saturated rings. The Morgan fingerprint density at radius 1 is 1.40 bits per heavy atom. The van der Waals surface area contributed by atoms with Crippen molar-refractivity contribution in [3.8, 4) is 0 Å². The van der Waals surface area contributed by atoms with Gasteiger partial charge in [0.1, 0.15) is 0 Å². The van der Waals surface area contributed by atoms with Gasteiger partial charge in [-0.2, -0.15) is 0 Å². The molecule has 0 radical (unpaired) electrons. The first-order valence-corrected chi connectivity index (χ1v) is 5.85. The molecule has 82 valence electrons. The summed E-state index contributed by atoms with van der Waals surface area (Å²) in [5.74, 6) is 0. The second-order valence-corrected chi connectivity index (χ2v) is 4.56. The molecule has 2 nitrogen and oxygen atoms in total. The monoisotopic (exact) mass is 204 g/mol. The minimum Gasteiger partial charge on any atom is -0.385 e. The van der Waals surface area contributed by atoms with Gasteiger partial charge < -0.3 is 10.6 Å². The molecule has 2 rings (SSSR count). The fourth-order valence-corrected chi connectivity index (χ4v) is 1.96. The van der Waals surface area contributed by atoms with E-state index in [9.17, 15) is 0 Å². The van der Waals surface area contributed by atoms with Gasteiger partial charge in [-0.25, -0.2) is 0 Å². The third-order valence-electron chi connectivity index (χ3n) is 2.82. The molecule has 0 atom stereocenters. The topological polar surface area (TPSA) is 24.1 Å². The lowest BCUT2D eigenvalue weighted by Gasteiger charge is -2.19. The van der Waals surface area contributed by atoms with Crippen molar-refractivity contribution in [1.29, 1.82) is 0 Å². The number of hydrogen-bond donors (Lipinski definition) is 2. The molecule has 15 heavy (non-hydrogen) atoms. The Balaban J connectivity index is 2.07. The van der Waals surface area contributed by atoms with E-state index in [2.05, 4.69) is 42.7 Å². The van der Waals surface area contributed by atoms with Gasteiger partial charge in [0, 0.05) is 24.8 Å². The van der Waals surface area contributed by atoms with Gasteiger partial charge in [-0.05, 0) is 30.0 Å².